The lowest BCUT2D eigenvalue weighted by atomic mass is 10.2. The summed E-state index contributed by atoms with van der Waals surface area (Å²) in [5, 5.41) is 15.0. The molecule has 0 aromatic heterocycles. The van der Waals surface area contributed by atoms with Gasteiger partial charge in [-0.05, 0) is 60.7 Å². The first-order valence-electron chi connectivity index (χ1n) is 11.5. The Bertz CT molecular complexity index is 1570. The van der Waals surface area contributed by atoms with Crippen LogP contribution >= 0.6 is 0 Å². The summed E-state index contributed by atoms with van der Waals surface area (Å²) in [6.07, 6.45) is 5.61. The highest BCUT2D eigenvalue weighted by Crippen LogP contribution is 2.23. The van der Waals surface area contributed by atoms with Gasteiger partial charge >= 0.3 is 0 Å². The molecule has 4 rings (SSSR count). The van der Waals surface area contributed by atoms with E-state index in [0.29, 0.717) is 0 Å². The van der Waals surface area contributed by atoms with Crippen molar-refractivity contribution >= 4 is 54.9 Å². The van der Waals surface area contributed by atoms with Crippen LogP contribution in [-0.2, 0) is 19.7 Å². The SMILES string of the molecule is CS(=O)(=O)c1ccc(Nc2ccccc2C=NN=Cc2ccccc2Nc2ccc(S(C)(=O)=O)cc2)cc1. The van der Waals surface area contributed by atoms with E-state index in [0.717, 1.165) is 33.9 Å². The van der Waals surface area contributed by atoms with Gasteiger partial charge in [-0.1, -0.05) is 36.4 Å². The highest BCUT2D eigenvalue weighted by atomic mass is 32.2. The molecule has 0 amide bonds. The van der Waals surface area contributed by atoms with Crippen molar-refractivity contribution in [3.05, 3.63) is 108 Å². The normalized spacial score (nSPS) is 12.2. The second-order valence-electron chi connectivity index (χ2n) is 8.51. The molecule has 0 bridgehead atoms. The maximum atomic E-state index is 11.7. The van der Waals surface area contributed by atoms with Crippen LogP contribution < -0.4 is 10.6 Å². The van der Waals surface area contributed by atoms with Gasteiger partial charge in [0.15, 0.2) is 19.7 Å². The molecule has 0 aliphatic carbocycles. The zero-order valence-corrected chi connectivity index (χ0v) is 22.4. The lowest BCUT2D eigenvalue weighted by molar-refractivity contribution is 0.600. The highest BCUT2D eigenvalue weighted by Gasteiger charge is 2.08. The van der Waals surface area contributed by atoms with Gasteiger partial charge in [0.25, 0.3) is 0 Å². The number of benzene rings is 4. The summed E-state index contributed by atoms with van der Waals surface area (Å²) in [5.74, 6) is 0. The lowest BCUT2D eigenvalue weighted by Gasteiger charge is -2.10. The molecule has 0 aliphatic rings. The molecule has 38 heavy (non-hydrogen) atoms. The molecule has 0 unspecified atom stereocenters. The topological polar surface area (TPSA) is 117 Å². The van der Waals surface area contributed by atoms with Crippen molar-refractivity contribution in [3.8, 4) is 0 Å². The Hall–Kier alpha value is -4.28. The van der Waals surface area contributed by atoms with Crippen LogP contribution in [0.4, 0.5) is 22.7 Å². The third-order valence-corrected chi connectivity index (χ3v) is 7.76. The van der Waals surface area contributed by atoms with E-state index in [4.69, 9.17) is 0 Å². The van der Waals surface area contributed by atoms with Crippen molar-refractivity contribution in [1.82, 2.24) is 0 Å². The average molecular weight is 547 g/mol. The molecule has 0 radical (unpaired) electrons. The fourth-order valence-electron chi connectivity index (χ4n) is 3.52. The van der Waals surface area contributed by atoms with Crippen molar-refractivity contribution < 1.29 is 16.8 Å². The van der Waals surface area contributed by atoms with Crippen molar-refractivity contribution in [2.75, 3.05) is 23.1 Å². The Morgan fingerprint density at radius 2 is 0.868 bits per heavy atom. The third kappa shape index (κ3) is 7.15. The first-order valence-corrected chi connectivity index (χ1v) is 15.3. The van der Waals surface area contributed by atoms with E-state index >= 15 is 0 Å². The summed E-state index contributed by atoms with van der Waals surface area (Å²) in [6, 6.07) is 28.2. The number of para-hydroxylation sites is 2. The number of nitrogens with one attached hydrogen (secondary N) is 2. The van der Waals surface area contributed by atoms with E-state index in [2.05, 4.69) is 20.8 Å². The second-order valence-corrected chi connectivity index (χ2v) is 12.5. The molecule has 0 atom stereocenters. The van der Waals surface area contributed by atoms with E-state index in [1.165, 1.54) is 12.5 Å². The summed E-state index contributed by atoms with van der Waals surface area (Å²) in [7, 11) is -6.52. The molecule has 4 aromatic rings. The van der Waals surface area contributed by atoms with Crippen LogP contribution in [0.25, 0.3) is 0 Å². The quantitative estimate of drug-likeness (QED) is 0.213. The maximum Gasteiger partial charge on any atom is 0.175 e. The van der Waals surface area contributed by atoms with E-state index < -0.39 is 19.7 Å². The van der Waals surface area contributed by atoms with Crippen LogP contribution in [0.3, 0.4) is 0 Å². The first kappa shape index (κ1) is 26.8. The van der Waals surface area contributed by atoms with Crippen molar-refractivity contribution in [2.45, 2.75) is 9.79 Å². The summed E-state index contributed by atoms with van der Waals surface area (Å²) in [6.45, 7) is 0. The average Bonchev–Trinajstić information content (AvgIpc) is 2.88. The standard InChI is InChI=1S/C28H26N4O4S2/c1-37(33,34)25-15-11-23(12-16-25)31-27-9-5-3-7-21(27)19-29-30-20-22-8-4-6-10-28(22)32-24-13-17-26(18-14-24)38(2,35)36/h3-20,31-32H,1-2H3. The molecule has 8 nitrogen and oxygen atoms in total. The Morgan fingerprint density at radius 3 is 1.21 bits per heavy atom. The van der Waals surface area contributed by atoms with Crippen LogP contribution in [0, 0.1) is 0 Å². The fourth-order valence-corrected chi connectivity index (χ4v) is 4.78. The molecular formula is C28H26N4O4S2. The number of hydrogen-bond acceptors (Lipinski definition) is 8. The number of anilines is 4. The summed E-state index contributed by atoms with van der Waals surface area (Å²) >= 11 is 0. The minimum absolute atomic E-state index is 0.257. The third-order valence-electron chi connectivity index (χ3n) is 5.50. The van der Waals surface area contributed by atoms with Gasteiger partial charge in [0.2, 0.25) is 0 Å². The minimum atomic E-state index is -3.26. The van der Waals surface area contributed by atoms with Gasteiger partial charge in [0.1, 0.15) is 0 Å². The number of sulfone groups is 2. The predicted molar refractivity (Wildman–Crippen MR) is 154 cm³/mol. The second kappa shape index (κ2) is 11.4. The van der Waals surface area contributed by atoms with Gasteiger partial charge in [-0.2, -0.15) is 10.2 Å². The highest BCUT2D eigenvalue weighted by molar-refractivity contribution is 7.91. The zero-order chi connectivity index (χ0) is 27.2. The van der Waals surface area contributed by atoms with Gasteiger partial charge in [-0.15, -0.1) is 0 Å². The van der Waals surface area contributed by atoms with Crippen LogP contribution in [0.1, 0.15) is 11.1 Å². The molecule has 2 N–H and O–H groups in total. The largest absolute Gasteiger partial charge is 0.355 e. The van der Waals surface area contributed by atoms with Crippen LogP contribution in [0.5, 0.6) is 0 Å². The first-order chi connectivity index (χ1) is 18.1. The molecule has 0 aliphatic heterocycles. The van der Waals surface area contributed by atoms with Crippen LogP contribution in [0.2, 0.25) is 0 Å². The van der Waals surface area contributed by atoms with Crippen molar-refractivity contribution in [2.24, 2.45) is 10.2 Å². The van der Waals surface area contributed by atoms with Gasteiger partial charge in [0, 0.05) is 46.4 Å². The molecule has 0 fully saturated rings. The lowest BCUT2D eigenvalue weighted by Crippen LogP contribution is -1.99. The Kier molecular flexibility index (Phi) is 8.04. The molecule has 0 saturated carbocycles. The number of nitrogens with zero attached hydrogens (tertiary/aromatic N) is 2. The van der Waals surface area contributed by atoms with Gasteiger partial charge < -0.3 is 10.6 Å². The van der Waals surface area contributed by atoms with Gasteiger partial charge in [0.05, 0.1) is 22.2 Å². The summed E-state index contributed by atoms with van der Waals surface area (Å²) in [4.78, 5) is 0.515. The smallest absolute Gasteiger partial charge is 0.175 e. The van der Waals surface area contributed by atoms with E-state index in [9.17, 15) is 16.8 Å². The zero-order valence-electron chi connectivity index (χ0n) is 20.7. The monoisotopic (exact) mass is 546 g/mol. The van der Waals surface area contributed by atoms with Gasteiger partial charge in [-0.25, -0.2) is 16.8 Å². The Labute approximate surface area is 222 Å². The molecule has 0 spiro atoms. The van der Waals surface area contributed by atoms with E-state index in [-0.39, 0.29) is 9.79 Å². The Balaban J connectivity index is 1.47. The molecule has 10 heteroatoms. The Morgan fingerprint density at radius 1 is 0.526 bits per heavy atom. The van der Waals surface area contributed by atoms with Crippen LogP contribution in [-0.4, -0.2) is 41.8 Å². The van der Waals surface area contributed by atoms with E-state index in [1.54, 1.807) is 61.0 Å². The van der Waals surface area contributed by atoms with Crippen molar-refractivity contribution in [3.63, 3.8) is 0 Å². The molecular weight excluding hydrogens is 520 g/mol. The predicted octanol–water partition coefficient (Wildman–Crippen LogP) is 5.43. The fraction of sp³-hybridized carbons (Fsp3) is 0.0714. The number of hydrogen-bond donors (Lipinski definition) is 2. The minimum Gasteiger partial charge on any atom is -0.355 e. The molecule has 0 heterocycles. The van der Waals surface area contributed by atoms with Crippen LogP contribution in [0.15, 0.2) is 117 Å². The molecule has 4 aromatic carbocycles. The summed E-state index contributed by atoms with van der Waals surface area (Å²) < 4.78 is 46.8. The molecule has 0 saturated heterocycles. The van der Waals surface area contributed by atoms with Crippen molar-refractivity contribution in [1.29, 1.82) is 0 Å². The molecule has 194 valence electrons. The van der Waals surface area contributed by atoms with E-state index in [1.807, 2.05) is 48.5 Å². The number of rotatable bonds is 9. The summed E-state index contributed by atoms with van der Waals surface area (Å²) in [5.41, 5.74) is 4.66. The van der Waals surface area contributed by atoms with Gasteiger partial charge in [-0.3, -0.25) is 0 Å². The maximum absolute atomic E-state index is 11.7.